The van der Waals surface area contributed by atoms with Gasteiger partial charge in [-0.05, 0) is 35.2 Å². The molecule has 5 heteroatoms. The molecule has 0 saturated carbocycles. The Morgan fingerprint density at radius 1 is 1.71 bits per heavy atom. The second-order valence-electron chi connectivity index (χ2n) is 3.83. The molecule has 78 valence electrons. The summed E-state index contributed by atoms with van der Waals surface area (Å²) in [6.45, 7) is 0.254. The maximum absolute atomic E-state index is 10.3. The second kappa shape index (κ2) is 3.32. The van der Waals surface area contributed by atoms with Crippen LogP contribution in [0.3, 0.4) is 0 Å². The molecule has 0 saturated heterocycles. The predicted octanol–water partition coefficient (Wildman–Crippen LogP) is 0.665. The Kier molecular flexibility index (Phi) is 2.41. The Labute approximate surface area is 91.2 Å². The number of rotatable bonds is 1. The van der Waals surface area contributed by atoms with Crippen LogP contribution in [0.5, 0.6) is 0 Å². The van der Waals surface area contributed by atoms with Crippen LogP contribution in [0, 0.1) is 0 Å². The minimum Gasteiger partial charge on any atom is -0.384 e. The first-order chi connectivity index (χ1) is 6.58. The van der Waals surface area contributed by atoms with Crippen molar-refractivity contribution >= 4 is 15.9 Å². The molecule has 0 amide bonds. The lowest BCUT2D eigenvalue weighted by Crippen LogP contribution is -2.38. The van der Waals surface area contributed by atoms with Crippen molar-refractivity contribution in [3.63, 3.8) is 0 Å². The lowest BCUT2D eigenvalue weighted by molar-refractivity contribution is 0.0268. The first-order valence-electron chi connectivity index (χ1n) is 4.73. The minimum atomic E-state index is -0.888. The monoisotopic (exact) mass is 259 g/mol. The quantitative estimate of drug-likeness (QED) is 0.779. The van der Waals surface area contributed by atoms with E-state index in [9.17, 15) is 5.11 Å². The topological polar surface area (TPSA) is 64.1 Å². The largest absolute Gasteiger partial charge is 0.384 e. The third kappa shape index (κ3) is 1.31. The molecule has 1 aromatic rings. The molecule has 1 aromatic heterocycles. The van der Waals surface area contributed by atoms with Crippen LogP contribution in [-0.2, 0) is 19.1 Å². The molecule has 0 aliphatic heterocycles. The third-order valence-electron chi connectivity index (χ3n) is 2.93. The maximum atomic E-state index is 10.3. The van der Waals surface area contributed by atoms with Crippen LogP contribution in [0.25, 0.3) is 0 Å². The molecule has 0 aromatic carbocycles. The van der Waals surface area contributed by atoms with Crippen molar-refractivity contribution in [3.8, 4) is 0 Å². The van der Waals surface area contributed by atoms with Crippen LogP contribution < -0.4 is 5.73 Å². The van der Waals surface area contributed by atoms with E-state index in [1.165, 1.54) is 0 Å². The zero-order valence-electron chi connectivity index (χ0n) is 8.13. The van der Waals surface area contributed by atoms with Gasteiger partial charge < -0.3 is 10.8 Å². The van der Waals surface area contributed by atoms with Gasteiger partial charge in [-0.3, -0.25) is 4.68 Å². The van der Waals surface area contributed by atoms with Gasteiger partial charge in [-0.15, -0.1) is 0 Å². The van der Waals surface area contributed by atoms with E-state index in [0.717, 1.165) is 35.1 Å². The van der Waals surface area contributed by atoms with Crippen LogP contribution in [0.1, 0.15) is 24.1 Å². The van der Waals surface area contributed by atoms with Crippen LogP contribution in [-0.4, -0.2) is 21.4 Å². The molecular weight excluding hydrogens is 246 g/mol. The highest BCUT2D eigenvalue weighted by molar-refractivity contribution is 9.10. The van der Waals surface area contributed by atoms with E-state index < -0.39 is 5.60 Å². The van der Waals surface area contributed by atoms with Crippen molar-refractivity contribution in [2.24, 2.45) is 12.8 Å². The highest BCUT2D eigenvalue weighted by atomic mass is 79.9. The Bertz CT molecular complexity index is 363. The van der Waals surface area contributed by atoms with Gasteiger partial charge in [0.15, 0.2) is 0 Å². The van der Waals surface area contributed by atoms with Crippen LogP contribution in [0.2, 0.25) is 0 Å². The Balaban J connectivity index is 2.59. The molecule has 0 fully saturated rings. The van der Waals surface area contributed by atoms with Crippen LogP contribution in [0.4, 0.5) is 0 Å². The molecule has 1 unspecified atom stereocenters. The second-order valence-corrected chi connectivity index (χ2v) is 4.58. The minimum absolute atomic E-state index is 0.254. The summed E-state index contributed by atoms with van der Waals surface area (Å²) >= 11 is 3.37. The summed E-state index contributed by atoms with van der Waals surface area (Å²) in [4.78, 5) is 0. The third-order valence-corrected chi connectivity index (χ3v) is 3.49. The molecular formula is C9H14BrN3O. The number of aryl methyl sites for hydroxylation is 1. The number of fused-ring (bicyclic) bond motifs is 1. The summed E-state index contributed by atoms with van der Waals surface area (Å²) in [5.41, 5.74) is 6.71. The van der Waals surface area contributed by atoms with E-state index in [1.54, 1.807) is 0 Å². The fourth-order valence-electron chi connectivity index (χ4n) is 2.15. The number of hydrogen-bond acceptors (Lipinski definition) is 3. The van der Waals surface area contributed by atoms with Crippen LogP contribution >= 0.6 is 15.9 Å². The van der Waals surface area contributed by atoms with Crippen molar-refractivity contribution in [2.75, 3.05) is 6.54 Å². The summed E-state index contributed by atoms with van der Waals surface area (Å²) in [6, 6.07) is 0. The number of aliphatic hydroxyl groups is 1. The molecule has 1 aliphatic rings. The number of halogens is 1. The van der Waals surface area contributed by atoms with Crippen molar-refractivity contribution in [2.45, 2.75) is 24.9 Å². The van der Waals surface area contributed by atoms with Crippen molar-refractivity contribution in [1.29, 1.82) is 0 Å². The Morgan fingerprint density at radius 3 is 3.07 bits per heavy atom. The highest BCUT2D eigenvalue weighted by Crippen LogP contribution is 2.38. The highest BCUT2D eigenvalue weighted by Gasteiger charge is 2.37. The van der Waals surface area contributed by atoms with Gasteiger partial charge in [-0.1, -0.05) is 0 Å². The fourth-order valence-corrected chi connectivity index (χ4v) is 2.98. The summed E-state index contributed by atoms with van der Waals surface area (Å²) < 4.78 is 2.54. The first-order valence-corrected chi connectivity index (χ1v) is 5.52. The molecule has 3 N–H and O–H groups in total. The van der Waals surface area contributed by atoms with Crippen LogP contribution in [0.15, 0.2) is 4.60 Å². The van der Waals surface area contributed by atoms with E-state index >= 15 is 0 Å². The van der Waals surface area contributed by atoms with Gasteiger partial charge in [0.2, 0.25) is 0 Å². The molecule has 0 bridgehead atoms. The molecule has 0 spiro atoms. The van der Waals surface area contributed by atoms with Gasteiger partial charge in [-0.2, -0.15) is 5.10 Å². The molecule has 4 nitrogen and oxygen atoms in total. The smallest absolute Gasteiger partial charge is 0.134 e. The zero-order valence-corrected chi connectivity index (χ0v) is 9.71. The number of nitrogens with zero attached hydrogens (tertiary/aromatic N) is 2. The molecule has 1 heterocycles. The van der Waals surface area contributed by atoms with E-state index in [1.807, 2.05) is 11.7 Å². The molecule has 14 heavy (non-hydrogen) atoms. The van der Waals surface area contributed by atoms with E-state index in [4.69, 9.17) is 5.73 Å². The lowest BCUT2D eigenvalue weighted by Gasteiger charge is -2.31. The van der Waals surface area contributed by atoms with Gasteiger partial charge in [0.1, 0.15) is 10.2 Å². The van der Waals surface area contributed by atoms with Crippen molar-refractivity contribution < 1.29 is 5.11 Å². The summed E-state index contributed by atoms with van der Waals surface area (Å²) in [7, 11) is 1.89. The lowest BCUT2D eigenvalue weighted by atomic mass is 9.83. The number of nitrogens with two attached hydrogens (primary N) is 1. The summed E-state index contributed by atoms with van der Waals surface area (Å²) in [5, 5.41) is 14.6. The molecule has 1 atom stereocenters. The van der Waals surface area contributed by atoms with E-state index in [-0.39, 0.29) is 6.54 Å². The van der Waals surface area contributed by atoms with Gasteiger partial charge in [0, 0.05) is 24.8 Å². The predicted molar refractivity (Wildman–Crippen MR) is 56.8 cm³/mol. The molecule has 1 aliphatic carbocycles. The van der Waals surface area contributed by atoms with Gasteiger partial charge in [0.25, 0.3) is 0 Å². The Hall–Kier alpha value is -0.390. The zero-order chi connectivity index (χ0) is 10.3. The average molecular weight is 260 g/mol. The van der Waals surface area contributed by atoms with E-state index in [0.29, 0.717) is 0 Å². The normalized spacial score (nSPS) is 26.3. The standard InChI is InChI=1S/C9H14BrN3O/c1-13-6-3-2-4-9(14,5-11)7(6)8(10)12-13/h14H,2-5,11H2,1H3. The first kappa shape index (κ1) is 10.1. The number of aromatic nitrogens is 2. The maximum Gasteiger partial charge on any atom is 0.134 e. The molecule has 0 radical (unpaired) electrons. The number of hydrogen-bond donors (Lipinski definition) is 2. The van der Waals surface area contributed by atoms with Gasteiger partial charge in [-0.25, -0.2) is 0 Å². The van der Waals surface area contributed by atoms with Crippen molar-refractivity contribution in [3.05, 3.63) is 15.9 Å². The van der Waals surface area contributed by atoms with Gasteiger partial charge >= 0.3 is 0 Å². The van der Waals surface area contributed by atoms with Crippen molar-refractivity contribution in [1.82, 2.24) is 9.78 Å². The van der Waals surface area contributed by atoms with Gasteiger partial charge in [0.05, 0.1) is 0 Å². The molecule has 2 rings (SSSR count). The van der Waals surface area contributed by atoms with E-state index in [2.05, 4.69) is 21.0 Å². The summed E-state index contributed by atoms with van der Waals surface area (Å²) in [6.07, 6.45) is 2.65. The average Bonchev–Trinajstić information content (AvgIpc) is 2.44. The summed E-state index contributed by atoms with van der Waals surface area (Å²) in [5.74, 6) is 0. The fraction of sp³-hybridized carbons (Fsp3) is 0.667. The Morgan fingerprint density at radius 2 is 2.43 bits per heavy atom. The SMILES string of the molecule is Cn1nc(Br)c2c1CCCC2(O)CN.